The lowest BCUT2D eigenvalue weighted by atomic mass is 9.95. The summed E-state index contributed by atoms with van der Waals surface area (Å²) in [6.45, 7) is 4.56. The highest BCUT2D eigenvalue weighted by atomic mass is 35.6. The van der Waals surface area contributed by atoms with Crippen LogP contribution >= 0.6 is 11.1 Å². The molecule has 0 spiro atoms. The highest BCUT2D eigenvalue weighted by molar-refractivity contribution is 7.01. The van der Waals surface area contributed by atoms with Crippen molar-refractivity contribution in [3.05, 3.63) is 29.8 Å². The predicted octanol–water partition coefficient (Wildman–Crippen LogP) is 2.93. The Bertz CT molecular complexity index is 273. The van der Waals surface area contributed by atoms with Gasteiger partial charge in [0, 0.05) is 0 Å². The van der Waals surface area contributed by atoms with E-state index in [1.165, 1.54) is 30.0 Å². The lowest BCUT2D eigenvalue weighted by Gasteiger charge is -2.14. The fourth-order valence-electron chi connectivity index (χ4n) is 1.80. The Kier molecular flexibility index (Phi) is 5.27. The van der Waals surface area contributed by atoms with Crippen LogP contribution in [0.1, 0.15) is 44.6 Å². The first-order valence-electron chi connectivity index (χ1n) is 5.43. The minimum atomic E-state index is -0.531. The minimum Gasteiger partial charge on any atom is -0.170 e. The fourth-order valence-corrected chi connectivity index (χ4v) is 3.38. The Morgan fingerprint density at radius 1 is 1.36 bits per heavy atom. The van der Waals surface area contributed by atoms with Crippen molar-refractivity contribution in [3.8, 4) is 0 Å². The average molecular weight is 227 g/mol. The molecule has 1 aromatic carbocycles. The van der Waals surface area contributed by atoms with Crippen LogP contribution in [0.2, 0.25) is 0 Å². The second kappa shape index (κ2) is 6.26. The molecule has 0 fully saturated rings. The smallest absolute Gasteiger partial charge is 0.156 e. The zero-order valence-corrected chi connectivity index (χ0v) is 11.3. The van der Waals surface area contributed by atoms with Gasteiger partial charge >= 0.3 is 0 Å². The van der Waals surface area contributed by atoms with Crippen LogP contribution in [0.25, 0.3) is 0 Å². The minimum absolute atomic E-state index is 0.531. The summed E-state index contributed by atoms with van der Waals surface area (Å²) < 4.78 is 0. The molecular formula is C12H19ClSi. The van der Waals surface area contributed by atoms with E-state index < -0.39 is 8.83 Å². The maximum atomic E-state index is 6.05. The van der Waals surface area contributed by atoms with Gasteiger partial charge in [0.05, 0.1) is 0 Å². The monoisotopic (exact) mass is 226 g/mol. The normalized spacial score (nSPS) is 13.6. The maximum Gasteiger partial charge on any atom is 0.156 e. The summed E-state index contributed by atoms with van der Waals surface area (Å²) in [5, 5.41) is 1.43. The molecule has 0 aliphatic heterocycles. The van der Waals surface area contributed by atoms with Gasteiger partial charge in [-0.25, -0.2) is 0 Å². The SMILES string of the molecule is CCCCC(C)c1ccccc1[SiH2]Cl. The van der Waals surface area contributed by atoms with E-state index in [0.717, 1.165) is 0 Å². The number of benzene rings is 1. The van der Waals surface area contributed by atoms with Crippen molar-refractivity contribution in [2.24, 2.45) is 0 Å². The van der Waals surface area contributed by atoms with Gasteiger partial charge in [-0.15, -0.1) is 0 Å². The molecule has 1 aromatic rings. The Morgan fingerprint density at radius 3 is 2.71 bits per heavy atom. The zero-order valence-electron chi connectivity index (χ0n) is 9.09. The van der Waals surface area contributed by atoms with Crippen LogP contribution in [0.5, 0.6) is 0 Å². The lowest BCUT2D eigenvalue weighted by molar-refractivity contribution is 0.626. The number of rotatable bonds is 5. The van der Waals surface area contributed by atoms with Crippen LogP contribution in [0.3, 0.4) is 0 Å². The number of halogens is 1. The first kappa shape index (κ1) is 11.8. The third kappa shape index (κ3) is 3.14. The fraction of sp³-hybridized carbons (Fsp3) is 0.500. The molecule has 0 N–H and O–H groups in total. The Morgan fingerprint density at radius 2 is 2.07 bits per heavy atom. The van der Waals surface area contributed by atoms with E-state index in [-0.39, 0.29) is 0 Å². The Hall–Kier alpha value is -0.273. The van der Waals surface area contributed by atoms with Crippen LogP contribution < -0.4 is 5.19 Å². The van der Waals surface area contributed by atoms with E-state index in [2.05, 4.69) is 38.1 Å². The molecule has 0 bridgehead atoms. The van der Waals surface area contributed by atoms with Crippen LogP contribution in [0.4, 0.5) is 0 Å². The molecule has 0 heterocycles. The molecule has 0 saturated heterocycles. The van der Waals surface area contributed by atoms with E-state index in [4.69, 9.17) is 11.1 Å². The highest BCUT2D eigenvalue weighted by Crippen LogP contribution is 2.19. The Labute approximate surface area is 94.2 Å². The van der Waals surface area contributed by atoms with Crippen molar-refractivity contribution in [1.82, 2.24) is 0 Å². The van der Waals surface area contributed by atoms with Crippen molar-refractivity contribution in [2.75, 3.05) is 0 Å². The molecule has 0 saturated carbocycles. The first-order chi connectivity index (χ1) is 6.79. The third-order valence-corrected chi connectivity index (χ3v) is 4.52. The molecule has 0 aliphatic carbocycles. The van der Waals surface area contributed by atoms with Crippen molar-refractivity contribution in [2.45, 2.75) is 39.0 Å². The largest absolute Gasteiger partial charge is 0.170 e. The topological polar surface area (TPSA) is 0 Å². The van der Waals surface area contributed by atoms with Gasteiger partial charge < -0.3 is 0 Å². The average Bonchev–Trinajstić information content (AvgIpc) is 2.25. The highest BCUT2D eigenvalue weighted by Gasteiger charge is 2.08. The molecule has 0 nitrogen and oxygen atoms in total. The van der Waals surface area contributed by atoms with Crippen molar-refractivity contribution >= 4 is 25.1 Å². The van der Waals surface area contributed by atoms with Gasteiger partial charge in [0.1, 0.15) is 0 Å². The van der Waals surface area contributed by atoms with Crippen molar-refractivity contribution in [1.29, 1.82) is 0 Å². The maximum absolute atomic E-state index is 6.05. The van der Waals surface area contributed by atoms with Gasteiger partial charge in [0.25, 0.3) is 0 Å². The summed E-state index contributed by atoms with van der Waals surface area (Å²) >= 11 is 6.05. The van der Waals surface area contributed by atoms with E-state index in [0.29, 0.717) is 5.92 Å². The van der Waals surface area contributed by atoms with Gasteiger partial charge in [-0.3, -0.25) is 0 Å². The summed E-state index contributed by atoms with van der Waals surface area (Å²) in [4.78, 5) is 0. The first-order valence-corrected chi connectivity index (χ1v) is 8.27. The van der Waals surface area contributed by atoms with Gasteiger partial charge in [-0.05, 0) is 23.1 Å². The van der Waals surface area contributed by atoms with Gasteiger partial charge in [0.15, 0.2) is 8.83 Å². The molecular weight excluding hydrogens is 208 g/mol. The molecule has 0 amide bonds. The van der Waals surface area contributed by atoms with Crippen LogP contribution in [0, 0.1) is 0 Å². The van der Waals surface area contributed by atoms with E-state index in [1.807, 2.05) is 0 Å². The van der Waals surface area contributed by atoms with E-state index in [9.17, 15) is 0 Å². The summed E-state index contributed by atoms with van der Waals surface area (Å²) in [6.07, 6.45) is 3.89. The molecule has 78 valence electrons. The number of unbranched alkanes of at least 4 members (excludes halogenated alkanes) is 1. The summed E-state index contributed by atoms with van der Waals surface area (Å²) in [6, 6.07) is 8.66. The summed E-state index contributed by atoms with van der Waals surface area (Å²) in [5.74, 6) is 0.678. The lowest BCUT2D eigenvalue weighted by Crippen LogP contribution is -2.16. The van der Waals surface area contributed by atoms with Crippen LogP contribution in [-0.2, 0) is 0 Å². The molecule has 1 rings (SSSR count). The summed E-state index contributed by atoms with van der Waals surface area (Å²) in [5.41, 5.74) is 1.49. The standard InChI is InChI=1S/C12H19ClSi/c1-3-4-7-10(2)11-8-5-6-9-12(11)14-13/h5-6,8-10H,3-4,7,14H2,1-2H3. The Balaban J connectivity index is 2.72. The van der Waals surface area contributed by atoms with Gasteiger partial charge in [0.2, 0.25) is 0 Å². The second-order valence-electron chi connectivity index (χ2n) is 3.88. The van der Waals surface area contributed by atoms with Gasteiger partial charge in [-0.2, -0.15) is 11.1 Å². The third-order valence-electron chi connectivity index (χ3n) is 2.72. The molecule has 1 atom stereocenters. The van der Waals surface area contributed by atoms with Crippen molar-refractivity contribution in [3.63, 3.8) is 0 Å². The zero-order chi connectivity index (χ0) is 10.4. The van der Waals surface area contributed by atoms with Crippen LogP contribution in [0.15, 0.2) is 24.3 Å². The quantitative estimate of drug-likeness (QED) is 0.535. The molecule has 14 heavy (non-hydrogen) atoms. The molecule has 0 aromatic heterocycles. The van der Waals surface area contributed by atoms with Gasteiger partial charge in [-0.1, -0.05) is 51.0 Å². The molecule has 0 aliphatic rings. The van der Waals surface area contributed by atoms with E-state index in [1.54, 1.807) is 0 Å². The predicted molar refractivity (Wildman–Crippen MR) is 68.4 cm³/mol. The number of hydrogen-bond acceptors (Lipinski definition) is 0. The van der Waals surface area contributed by atoms with Crippen molar-refractivity contribution < 1.29 is 0 Å². The summed E-state index contributed by atoms with van der Waals surface area (Å²) in [7, 11) is -0.531. The second-order valence-corrected chi connectivity index (χ2v) is 5.71. The van der Waals surface area contributed by atoms with Crippen LogP contribution in [-0.4, -0.2) is 8.83 Å². The molecule has 0 radical (unpaired) electrons. The molecule has 2 heteroatoms. The van der Waals surface area contributed by atoms with E-state index >= 15 is 0 Å². The number of hydrogen-bond donors (Lipinski definition) is 0. The molecule has 1 unspecified atom stereocenters.